The van der Waals surface area contributed by atoms with E-state index in [4.69, 9.17) is 9.47 Å². The highest BCUT2D eigenvalue weighted by atomic mass is 16.6. The Kier molecular flexibility index (Phi) is 8.38. The first-order valence-corrected chi connectivity index (χ1v) is 6.94. The second-order valence-electron chi connectivity index (χ2n) is 4.30. The van der Waals surface area contributed by atoms with E-state index in [1.807, 2.05) is 6.92 Å². The van der Waals surface area contributed by atoms with E-state index < -0.39 is 23.3 Å². The van der Waals surface area contributed by atoms with Gasteiger partial charge in [0.05, 0.1) is 13.2 Å². The lowest BCUT2D eigenvalue weighted by atomic mass is 9.73. The van der Waals surface area contributed by atoms with Gasteiger partial charge in [0.25, 0.3) is 0 Å². The van der Waals surface area contributed by atoms with E-state index in [0.29, 0.717) is 6.42 Å². The van der Waals surface area contributed by atoms with Crippen molar-refractivity contribution in [1.82, 2.24) is 0 Å². The average Bonchev–Trinajstić information content (AvgIpc) is 2.42. The second-order valence-corrected chi connectivity index (χ2v) is 4.30. The zero-order valence-electron chi connectivity index (χ0n) is 12.8. The number of esters is 2. The molecule has 0 aliphatic rings. The molecule has 0 radical (unpaired) electrons. The molecule has 1 unspecified atom stereocenters. The molecule has 4 nitrogen and oxygen atoms in total. The van der Waals surface area contributed by atoms with E-state index in [1.165, 1.54) is 6.08 Å². The zero-order chi connectivity index (χ0) is 15.6. The summed E-state index contributed by atoms with van der Waals surface area (Å²) >= 11 is 0. The minimum atomic E-state index is -1.43. The number of ether oxygens (including phenoxy) is 2. The predicted molar refractivity (Wildman–Crippen MR) is 77.7 cm³/mol. The molecule has 0 bridgehead atoms. The number of rotatable bonds is 7. The van der Waals surface area contributed by atoms with Gasteiger partial charge in [-0.15, -0.1) is 12.5 Å². The molecule has 0 aromatic rings. The van der Waals surface area contributed by atoms with E-state index in [1.54, 1.807) is 20.8 Å². The summed E-state index contributed by atoms with van der Waals surface area (Å²) in [4.78, 5) is 24.7. The van der Waals surface area contributed by atoms with Crippen LogP contribution in [-0.2, 0) is 19.1 Å². The van der Waals surface area contributed by atoms with Crippen molar-refractivity contribution >= 4 is 11.9 Å². The van der Waals surface area contributed by atoms with Gasteiger partial charge in [-0.1, -0.05) is 18.9 Å². The van der Waals surface area contributed by atoms with Gasteiger partial charge in [-0.2, -0.15) is 0 Å². The van der Waals surface area contributed by atoms with Crippen molar-refractivity contribution in [3.8, 4) is 11.8 Å². The van der Waals surface area contributed by atoms with E-state index in [0.717, 1.165) is 0 Å². The zero-order valence-corrected chi connectivity index (χ0v) is 12.8. The Hall–Kier alpha value is -1.76. The maximum atomic E-state index is 12.3. The molecule has 4 heteroatoms. The van der Waals surface area contributed by atoms with Crippen LogP contribution in [0.2, 0.25) is 0 Å². The molecule has 112 valence electrons. The summed E-state index contributed by atoms with van der Waals surface area (Å²) in [6, 6.07) is 0. The van der Waals surface area contributed by atoms with Crippen LogP contribution in [0.1, 0.15) is 40.5 Å². The molecule has 0 aliphatic heterocycles. The smallest absolute Gasteiger partial charge is 0.325 e. The standard InChI is InChI=1S/C16H24O4/c1-6-10-11-13(5)16(12-7-2,14(17)19-8-3)15(18)20-9-4/h7,13H,2,6,8-9,12H2,1,3-5H3. The SMILES string of the molecule is C=CCC(C(=O)OCC)(C(=O)OCC)C(C)C#CCC. The fourth-order valence-corrected chi connectivity index (χ4v) is 1.91. The van der Waals surface area contributed by atoms with Crippen LogP contribution in [0.4, 0.5) is 0 Å². The van der Waals surface area contributed by atoms with Crippen molar-refractivity contribution in [3.63, 3.8) is 0 Å². The first-order valence-electron chi connectivity index (χ1n) is 6.94. The van der Waals surface area contributed by atoms with Gasteiger partial charge in [-0.25, -0.2) is 0 Å². The molecule has 0 fully saturated rings. The van der Waals surface area contributed by atoms with Crippen molar-refractivity contribution < 1.29 is 19.1 Å². The van der Waals surface area contributed by atoms with Gasteiger partial charge in [-0.3, -0.25) is 9.59 Å². The van der Waals surface area contributed by atoms with Crippen LogP contribution in [0.15, 0.2) is 12.7 Å². The molecular weight excluding hydrogens is 256 g/mol. The van der Waals surface area contributed by atoms with Crippen molar-refractivity contribution in [2.45, 2.75) is 40.5 Å². The van der Waals surface area contributed by atoms with Crippen LogP contribution >= 0.6 is 0 Å². The van der Waals surface area contributed by atoms with Gasteiger partial charge in [0.15, 0.2) is 5.41 Å². The van der Waals surface area contributed by atoms with Gasteiger partial charge < -0.3 is 9.47 Å². The molecule has 0 aliphatic carbocycles. The molecule has 0 amide bonds. The van der Waals surface area contributed by atoms with Crippen molar-refractivity contribution in [3.05, 3.63) is 12.7 Å². The molecule has 1 atom stereocenters. The predicted octanol–water partition coefficient (Wildman–Crippen LogP) is 2.72. The highest BCUT2D eigenvalue weighted by Gasteiger charge is 2.52. The quantitative estimate of drug-likeness (QED) is 0.311. The second kappa shape index (κ2) is 9.19. The van der Waals surface area contributed by atoms with Gasteiger partial charge in [0.1, 0.15) is 0 Å². The summed E-state index contributed by atoms with van der Waals surface area (Å²) in [6.07, 6.45) is 2.32. The van der Waals surface area contributed by atoms with E-state index in [-0.39, 0.29) is 19.6 Å². The number of carbonyl (C=O) groups excluding carboxylic acids is 2. The fraction of sp³-hybridized carbons (Fsp3) is 0.625. The number of carbonyl (C=O) groups is 2. The number of hydrogen-bond acceptors (Lipinski definition) is 4. The Balaban J connectivity index is 5.71. The summed E-state index contributed by atoms with van der Waals surface area (Å²) in [5, 5.41) is 0. The van der Waals surface area contributed by atoms with Crippen LogP contribution in [0.5, 0.6) is 0 Å². The molecule has 0 N–H and O–H groups in total. The summed E-state index contributed by atoms with van der Waals surface area (Å²) in [5.41, 5.74) is -1.43. The van der Waals surface area contributed by atoms with Crippen molar-refractivity contribution in [2.75, 3.05) is 13.2 Å². The third-order valence-corrected chi connectivity index (χ3v) is 2.98. The summed E-state index contributed by atoms with van der Waals surface area (Å²) < 4.78 is 10.1. The molecular formula is C16H24O4. The van der Waals surface area contributed by atoms with Crippen LogP contribution in [0.25, 0.3) is 0 Å². The molecule has 0 rings (SSSR count). The maximum Gasteiger partial charge on any atom is 0.325 e. The monoisotopic (exact) mass is 280 g/mol. The van der Waals surface area contributed by atoms with Crippen molar-refractivity contribution in [1.29, 1.82) is 0 Å². The topological polar surface area (TPSA) is 52.6 Å². The molecule has 0 aromatic heterocycles. The molecule has 20 heavy (non-hydrogen) atoms. The first-order chi connectivity index (χ1) is 9.50. The fourth-order valence-electron chi connectivity index (χ4n) is 1.91. The third kappa shape index (κ3) is 4.12. The lowest BCUT2D eigenvalue weighted by molar-refractivity contribution is -0.174. The minimum Gasteiger partial charge on any atom is -0.465 e. The number of allylic oxidation sites excluding steroid dienone is 1. The van der Waals surface area contributed by atoms with Crippen LogP contribution in [0, 0.1) is 23.2 Å². The molecule has 0 aromatic carbocycles. The molecule has 0 saturated carbocycles. The number of hydrogen-bond donors (Lipinski definition) is 0. The summed E-state index contributed by atoms with van der Waals surface area (Å²) in [5.74, 6) is 4.14. The summed E-state index contributed by atoms with van der Waals surface area (Å²) in [6.45, 7) is 11.1. The Morgan fingerprint density at radius 1 is 1.20 bits per heavy atom. The van der Waals surface area contributed by atoms with Gasteiger partial charge in [-0.05, 0) is 27.2 Å². The summed E-state index contributed by atoms with van der Waals surface area (Å²) in [7, 11) is 0. The van der Waals surface area contributed by atoms with Gasteiger partial charge in [0, 0.05) is 12.3 Å². The van der Waals surface area contributed by atoms with Crippen LogP contribution in [-0.4, -0.2) is 25.2 Å². The Labute approximate surface area is 121 Å². The Bertz CT molecular complexity index is 382. The normalized spacial score (nSPS) is 11.8. The highest BCUT2D eigenvalue weighted by Crippen LogP contribution is 2.35. The molecule has 0 heterocycles. The maximum absolute atomic E-state index is 12.3. The molecule has 0 spiro atoms. The Morgan fingerprint density at radius 2 is 1.70 bits per heavy atom. The lowest BCUT2D eigenvalue weighted by Gasteiger charge is -2.31. The van der Waals surface area contributed by atoms with Gasteiger partial charge in [0.2, 0.25) is 0 Å². The lowest BCUT2D eigenvalue weighted by Crippen LogP contribution is -2.46. The van der Waals surface area contributed by atoms with Crippen LogP contribution < -0.4 is 0 Å². The van der Waals surface area contributed by atoms with Crippen LogP contribution in [0.3, 0.4) is 0 Å². The van der Waals surface area contributed by atoms with E-state index in [9.17, 15) is 9.59 Å². The highest BCUT2D eigenvalue weighted by molar-refractivity contribution is 6.01. The third-order valence-electron chi connectivity index (χ3n) is 2.98. The molecule has 0 saturated heterocycles. The first kappa shape index (κ1) is 18.2. The minimum absolute atomic E-state index is 0.143. The average molecular weight is 280 g/mol. The largest absolute Gasteiger partial charge is 0.465 e. The van der Waals surface area contributed by atoms with Crippen molar-refractivity contribution in [2.24, 2.45) is 11.3 Å². The van der Waals surface area contributed by atoms with E-state index in [2.05, 4.69) is 18.4 Å². The van der Waals surface area contributed by atoms with Gasteiger partial charge >= 0.3 is 11.9 Å². The Morgan fingerprint density at radius 3 is 2.05 bits per heavy atom. The van der Waals surface area contributed by atoms with E-state index >= 15 is 0 Å².